The van der Waals surface area contributed by atoms with Crippen molar-refractivity contribution >= 4 is 11.6 Å². The van der Waals surface area contributed by atoms with Crippen LogP contribution in [0.2, 0.25) is 0 Å². The molecule has 0 radical (unpaired) electrons. The Kier molecular flexibility index (Phi) is 4.52. The van der Waals surface area contributed by atoms with Crippen molar-refractivity contribution in [2.75, 3.05) is 18.9 Å². The maximum Gasteiger partial charge on any atom is 0.231 e. The average Bonchev–Trinajstić information content (AvgIpc) is 2.22. The third kappa shape index (κ3) is 3.33. The molecule has 3 nitrogen and oxygen atoms in total. The highest BCUT2D eigenvalue weighted by Crippen LogP contribution is 2.24. The van der Waals surface area contributed by atoms with E-state index in [2.05, 4.69) is 29.7 Å². The largest absolute Gasteiger partial charge is 0.325 e. The molecule has 1 amide bonds. The number of anilines is 1. The first kappa shape index (κ1) is 14.7. The molecular formula is C15H24N2O. The Morgan fingerprint density at radius 1 is 1.17 bits per heavy atom. The van der Waals surface area contributed by atoms with Crippen LogP contribution in [0, 0.1) is 26.2 Å². The summed E-state index contributed by atoms with van der Waals surface area (Å²) in [5, 5.41) is 6.10. The topological polar surface area (TPSA) is 41.1 Å². The Balaban J connectivity index is 2.95. The van der Waals surface area contributed by atoms with Gasteiger partial charge >= 0.3 is 0 Å². The van der Waals surface area contributed by atoms with Crippen LogP contribution in [-0.4, -0.2) is 19.5 Å². The highest BCUT2D eigenvalue weighted by atomic mass is 16.2. The maximum atomic E-state index is 12.3. The van der Waals surface area contributed by atoms with Gasteiger partial charge in [-0.2, -0.15) is 0 Å². The fraction of sp³-hybridized carbons (Fsp3) is 0.533. The number of rotatable bonds is 4. The zero-order chi connectivity index (χ0) is 13.9. The van der Waals surface area contributed by atoms with Crippen LogP contribution >= 0.6 is 0 Å². The molecule has 0 unspecified atom stereocenters. The Hall–Kier alpha value is -1.35. The predicted octanol–water partition coefficient (Wildman–Crippen LogP) is 2.80. The van der Waals surface area contributed by atoms with E-state index >= 15 is 0 Å². The van der Waals surface area contributed by atoms with Crippen LogP contribution in [-0.2, 0) is 4.79 Å². The molecule has 3 heteroatoms. The summed E-state index contributed by atoms with van der Waals surface area (Å²) in [5.74, 6) is 0.0481. The molecule has 0 aliphatic heterocycles. The fourth-order valence-corrected chi connectivity index (χ4v) is 2.18. The summed E-state index contributed by atoms with van der Waals surface area (Å²) >= 11 is 0. The van der Waals surface area contributed by atoms with E-state index < -0.39 is 5.41 Å². The molecule has 0 saturated heterocycles. The number of amides is 1. The third-order valence-electron chi connectivity index (χ3n) is 3.15. The van der Waals surface area contributed by atoms with E-state index in [-0.39, 0.29) is 5.91 Å². The second-order valence-electron chi connectivity index (χ2n) is 5.64. The van der Waals surface area contributed by atoms with Gasteiger partial charge in [0.2, 0.25) is 5.91 Å². The zero-order valence-corrected chi connectivity index (χ0v) is 12.3. The van der Waals surface area contributed by atoms with E-state index in [1.165, 1.54) is 5.56 Å². The third-order valence-corrected chi connectivity index (χ3v) is 3.15. The first-order valence-corrected chi connectivity index (χ1v) is 6.32. The van der Waals surface area contributed by atoms with E-state index in [0.29, 0.717) is 6.54 Å². The maximum absolute atomic E-state index is 12.3. The standard InChI is InChI=1S/C15H24N2O/c1-10-7-11(2)13(12(3)8-10)17-14(18)15(4,5)9-16-6/h7-8,16H,9H2,1-6H3,(H,17,18). The second-order valence-corrected chi connectivity index (χ2v) is 5.64. The quantitative estimate of drug-likeness (QED) is 0.860. The molecule has 0 atom stereocenters. The van der Waals surface area contributed by atoms with Gasteiger partial charge < -0.3 is 10.6 Å². The summed E-state index contributed by atoms with van der Waals surface area (Å²) in [6.45, 7) is 10.7. The Morgan fingerprint density at radius 3 is 2.11 bits per heavy atom. The predicted molar refractivity (Wildman–Crippen MR) is 77.0 cm³/mol. The van der Waals surface area contributed by atoms with Crippen LogP contribution in [0.4, 0.5) is 5.69 Å². The molecule has 2 N–H and O–H groups in total. The van der Waals surface area contributed by atoms with E-state index in [1.807, 2.05) is 34.7 Å². The highest BCUT2D eigenvalue weighted by molar-refractivity contribution is 5.96. The van der Waals surface area contributed by atoms with Crippen LogP contribution in [0.25, 0.3) is 0 Å². The monoisotopic (exact) mass is 248 g/mol. The van der Waals surface area contributed by atoms with Crippen LogP contribution in [0.3, 0.4) is 0 Å². The van der Waals surface area contributed by atoms with Crippen molar-refractivity contribution in [1.29, 1.82) is 0 Å². The molecule has 1 rings (SSSR count). The fourth-order valence-electron chi connectivity index (χ4n) is 2.18. The minimum absolute atomic E-state index is 0.0481. The van der Waals surface area contributed by atoms with Gasteiger partial charge in [0, 0.05) is 12.2 Å². The van der Waals surface area contributed by atoms with Crippen molar-refractivity contribution in [3.05, 3.63) is 28.8 Å². The lowest BCUT2D eigenvalue weighted by molar-refractivity contribution is -0.123. The summed E-state index contributed by atoms with van der Waals surface area (Å²) in [7, 11) is 1.86. The van der Waals surface area contributed by atoms with Gasteiger partial charge in [-0.1, -0.05) is 17.7 Å². The minimum Gasteiger partial charge on any atom is -0.325 e. The van der Waals surface area contributed by atoms with Crippen molar-refractivity contribution in [3.63, 3.8) is 0 Å². The first-order valence-electron chi connectivity index (χ1n) is 6.32. The number of benzene rings is 1. The highest BCUT2D eigenvalue weighted by Gasteiger charge is 2.27. The molecule has 18 heavy (non-hydrogen) atoms. The first-order chi connectivity index (χ1) is 8.27. The summed E-state index contributed by atoms with van der Waals surface area (Å²) < 4.78 is 0. The van der Waals surface area contributed by atoms with Gasteiger partial charge in [-0.05, 0) is 52.8 Å². The summed E-state index contributed by atoms with van der Waals surface area (Å²) in [5.41, 5.74) is 3.97. The van der Waals surface area contributed by atoms with Crippen molar-refractivity contribution in [2.45, 2.75) is 34.6 Å². The van der Waals surface area contributed by atoms with Gasteiger partial charge in [-0.15, -0.1) is 0 Å². The number of carbonyl (C=O) groups excluding carboxylic acids is 1. The normalized spacial score (nSPS) is 11.4. The van der Waals surface area contributed by atoms with Crippen LogP contribution < -0.4 is 10.6 Å². The van der Waals surface area contributed by atoms with Crippen molar-refractivity contribution in [3.8, 4) is 0 Å². The smallest absolute Gasteiger partial charge is 0.231 e. The molecule has 0 spiro atoms. The molecule has 0 heterocycles. The molecular weight excluding hydrogens is 224 g/mol. The van der Waals surface area contributed by atoms with Gasteiger partial charge in [0.15, 0.2) is 0 Å². The number of nitrogens with one attached hydrogen (secondary N) is 2. The molecule has 0 saturated carbocycles. The average molecular weight is 248 g/mol. The molecule has 0 aliphatic rings. The van der Waals surface area contributed by atoms with E-state index in [0.717, 1.165) is 16.8 Å². The Labute approximate surface area is 110 Å². The molecule has 0 aromatic heterocycles. The Morgan fingerprint density at radius 2 is 1.67 bits per heavy atom. The van der Waals surface area contributed by atoms with Gasteiger partial charge in [0.1, 0.15) is 0 Å². The molecule has 1 aromatic carbocycles. The van der Waals surface area contributed by atoms with E-state index in [9.17, 15) is 4.79 Å². The molecule has 0 bridgehead atoms. The molecule has 0 aliphatic carbocycles. The van der Waals surface area contributed by atoms with Crippen LogP contribution in [0.1, 0.15) is 30.5 Å². The zero-order valence-electron chi connectivity index (χ0n) is 12.3. The second kappa shape index (κ2) is 5.53. The SMILES string of the molecule is CNCC(C)(C)C(=O)Nc1c(C)cc(C)cc1C. The number of hydrogen-bond acceptors (Lipinski definition) is 2. The van der Waals surface area contributed by atoms with Crippen LogP contribution in [0.15, 0.2) is 12.1 Å². The minimum atomic E-state index is -0.418. The lowest BCUT2D eigenvalue weighted by Crippen LogP contribution is -2.38. The lowest BCUT2D eigenvalue weighted by Gasteiger charge is -2.24. The number of aryl methyl sites for hydroxylation is 3. The van der Waals surface area contributed by atoms with Crippen molar-refractivity contribution < 1.29 is 4.79 Å². The summed E-state index contributed by atoms with van der Waals surface area (Å²) in [6.07, 6.45) is 0. The summed E-state index contributed by atoms with van der Waals surface area (Å²) in [6, 6.07) is 4.18. The lowest BCUT2D eigenvalue weighted by atomic mass is 9.91. The molecule has 0 fully saturated rings. The molecule has 100 valence electrons. The van der Waals surface area contributed by atoms with Crippen molar-refractivity contribution in [1.82, 2.24) is 5.32 Å². The van der Waals surface area contributed by atoms with E-state index in [1.54, 1.807) is 0 Å². The van der Waals surface area contributed by atoms with E-state index in [4.69, 9.17) is 0 Å². The van der Waals surface area contributed by atoms with Gasteiger partial charge in [-0.3, -0.25) is 4.79 Å². The van der Waals surface area contributed by atoms with Gasteiger partial charge in [0.05, 0.1) is 5.41 Å². The Bertz CT molecular complexity index is 427. The number of carbonyl (C=O) groups is 1. The summed E-state index contributed by atoms with van der Waals surface area (Å²) in [4.78, 5) is 12.3. The number of hydrogen-bond donors (Lipinski definition) is 2. The van der Waals surface area contributed by atoms with Crippen molar-refractivity contribution in [2.24, 2.45) is 5.41 Å². The van der Waals surface area contributed by atoms with Gasteiger partial charge in [0.25, 0.3) is 0 Å². The molecule has 1 aromatic rings. The van der Waals surface area contributed by atoms with Gasteiger partial charge in [-0.25, -0.2) is 0 Å². The van der Waals surface area contributed by atoms with Crippen LogP contribution in [0.5, 0.6) is 0 Å².